The molecule has 1 N–H and O–H groups in total. The van der Waals surface area contributed by atoms with E-state index in [1.165, 1.54) is 56.0 Å². The standard InChI is InChI=1S/C18H20N4O2S2/c1-11(23)17-20-21-18(26-17)25-14-4-2-13(3-5-14)16(24)19-15-10-22-8-6-12(15)7-9-22/h2-5,12,15H,6-10H2,1H3,(H,19,24). The highest BCUT2D eigenvalue weighted by atomic mass is 32.2. The summed E-state index contributed by atoms with van der Waals surface area (Å²) in [6.07, 6.45) is 2.37. The zero-order chi connectivity index (χ0) is 18.1. The molecule has 1 aromatic heterocycles. The second kappa shape index (κ2) is 7.46. The quantitative estimate of drug-likeness (QED) is 0.794. The van der Waals surface area contributed by atoms with Crippen LogP contribution in [0.15, 0.2) is 33.5 Å². The van der Waals surface area contributed by atoms with Crippen molar-refractivity contribution in [1.82, 2.24) is 20.4 Å². The predicted octanol–water partition coefficient (Wildman–Crippen LogP) is 2.72. The van der Waals surface area contributed by atoms with Gasteiger partial charge in [0.15, 0.2) is 15.1 Å². The summed E-state index contributed by atoms with van der Waals surface area (Å²) in [5, 5.41) is 11.5. The monoisotopic (exact) mass is 388 g/mol. The van der Waals surface area contributed by atoms with Gasteiger partial charge in [0, 0.05) is 30.0 Å². The zero-order valence-electron chi connectivity index (χ0n) is 14.5. The number of hydrogen-bond donors (Lipinski definition) is 1. The van der Waals surface area contributed by atoms with Gasteiger partial charge < -0.3 is 10.2 Å². The van der Waals surface area contributed by atoms with E-state index in [0.29, 0.717) is 16.5 Å². The summed E-state index contributed by atoms with van der Waals surface area (Å²) in [5.41, 5.74) is 0.674. The smallest absolute Gasteiger partial charge is 0.251 e. The lowest BCUT2D eigenvalue weighted by atomic mass is 9.84. The number of amides is 1. The molecule has 26 heavy (non-hydrogen) atoms. The van der Waals surface area contributed by atoms with Gasteiger partial charge in [0.1, 0.15) is 0 Å². The van der Waals surface area contributed by atoms with Gasteiger partial charge in [-0.15, -0.1) is 10.2 Å². The number of benzene rings is 1. The number of hydrogen-bond acceptors (Lipinski definition) is 7. The van der Waals surface area contributed by atoms with Gasteiger partial charge in [0.2, 0.25) is 0 Å². The van der Waals surface area contributed by atoms with Crippen molar-refractivity contribution in [2.75, 3.05) is 19.6 Å². The Morgan fingerprint density at radius 3 is 2.50 bits per heavy atom. The van der Waals surface area contributed by atoms with Gasteiger partial charge in [-0.25, -0.2) is 0 Å². The first-order valence-electron chi connectivity index (χ1n) is 8.74. The van der Waals surface area contributed by atoms with Gasteiger partial charge in [-0.3, -0.25) is 9.59 Å². The Bertz CT molecular complexity index is 813. The first-order chi connectivity index (χ1) is 12.6. The Kier molecular flexibility index (Phi) is 5.06. The summed E-state index contributed by atoms with van der Waals surface area (Å²) in [6.45, 7) is 4.79. The molecule has 1 amide bonds. The summed E-state index contributed by atoms with van der Waals surface area (Å²) < 4.78 is 0.722. The third-order valence-electron chi connectivity index (χ3n) is 5.00. The molecule has 3 aliphatic heterocycles. The van der Waals surface area contributed by atoms with Gasteiger partial charge in [0.25, 0.3) is 5.91 Å². The van der Waals surface area contributed by atoms with E-state index >= 15 is 0 Å². The molecule has 1 aromatic carbocycles. The average molecular weight is 389 g/mol. The van der Waals surface area contributed by atoms with Crippen LogP contribution in [0.5, 0.6) is 0 Å². The fourth-order valence-corrected chi connectivity index (χ4v) is 5.27. The fraction of sp³-hybridized carbons (Fsp3) is 0.444. The number of rotatable bonds is 5. The molecule has 5 rings (SSSR count). The van der Waals surface area contributed by atoms with Crippen molar-refractivity contribution in [3.8, 4) is 0 Å². The molecule has 0 saturated carbocycles. The minimum absolute atomic E-state index is 0.00455. The van der Waals surface area contributed by atoms with Gasteiger partial charge in [0.05, 0.1) is 0 Å². The first-order valence-corrected chi connectivity index (χ1v) is 10.4. The number of ketones is 1. The number of Topliss-reactive ketones (excluding diaryl/α,β-unsaturated/α-hetero) is 1. The Balaban J connectivity index is 1.37. The van der Waals surface area contributed by atoms with Crippen molar-refractivity contribution < 1.29 is 9.59 Å². The number of carbonyl (C=O) groups is 2. The van der Waals surface area contributed by atoms with E-state index in [-0.39, 0.29) is 17.7 Å². The highest BCUT2D eigenvalue weighted by Gasteiger charge is 2.34. The van der Waals surface area contributed by atoms with Gasteiger partial charge in [-0.05, 0) is 56.1 Å². The lowest BCUT2D eigenvalue weighted by Gasteiger charge is -2.44. The van der Waals surface area contributed by atoms with Crippen molar-refractivity contribution >= 4 is 34.8 Å². The van der Waals surface area contributed by atoms with Crippen LogP contribution in [0.2, 0.25) is 0 Å². The summed E-state index contributed by atoms with van der Waals surface area (Å²) in [7, 11) is 0. The van der Waals surface area contributed by atoms with Crippen LogP contribution in [0.25, 0.3) is 0 Å². The maximum absolute atomic E-state index is 12.5. The van der Waals surface area contributed by atoms with Gasteiger partial charge >= 0.3 is 0 Å². The number of piperidine rings is 3. The Hall–Kier alpha value is -1.77. The molecule has 0 radical (unpaired) electrons. The molecule has 2 bridgehead atoms. The number of nitrogens with zero attached hydrogens (tertiary/aromatic N) is 3. The molecule has 136 valence electrons. The van der Waals surface area contributed by atoms with Crippen LogP contribution in [0.1, 0.15) is 39.9 Å². The van der Waals surface area contributed by atoms with Crippen molar-refractivity contribution in [2.24, 2.45) is 5.92 Å². The van der Waals surface area contributed by atoms with E-state index in [1.54, 1.807) is 0 Å². The van der Waals surface area contributed by atoms with Crippen molar-refractivity contribution in [3.63, 3.8) is 0 Å². The second-order valence-corrected chi connectivity index (χ2v) is 9.07. The molecule has 4 heterocycles. The average Bonchev–Trinajstić information content (AvgIpc) is 3.12. The van der Waals surface area contributed by atoms with Crippen molar-refractivity contribution in [2.45, 2.75) is 35.0 Å². The van der Waals surface area contributed by atoms with Gasteiger partial charge in [-0.1, -0.05) is 23.1 Å². The summed E-state index contributed by atoms with van der Waals surface area (Å²) in [5.74, 6) is 0.538. The van der Waals surface area contributed by atoms with Crippen molar-refractivity contribution in [3.05, 3.63) is 34.8 Å². The van der Waals surface area contributed by atoms with Crippen LogP contribution >= 0.6 is 23.1 Å². The maximum Gasteiger partial charge on any atom is 0.251 e. The topological polar surface area (TPSA) is 75.2 Å². The molecule has 3 fully saturated rings. The molecule has 8 heteroatoms. The molecule has 2 aromatic rings. The summed E-state index contributed by atoms with van der Waals surface area (Å²) in [4.78, 5) is 27.2. The number of aromatic nitrogens is 2. The predicted molar refractivity (Wildman–Crippen MR) is 101 cm³/mol. The molecular formula is C18H20N4O2S2. The van der Waals surface area contributed by atoms with Crippen LogP contribution in [0.4, 0.5) is 0 Å². The third kappa shape index (κ3) is 3.82. The van der Waals surface area contributed by atoms with Crippen LogP contribution in [0, 0.1) is 5.92 Å². The third-order valence-corrected chi connectivity index (χ3v) is 7.08. The molecule has 0 spiro atoms. The molecule has 6 nitrogen and oxygen atoms in total. The molecule has 1 atom stereocenters. The molecule has 3 saturated heterocycles. The molecular weight excluding hydrogens is 368 g/mol. The van der Waals surface area contributed by atoms with Gasteiger partial charge in [-0.2, -0.15) is 0 Å². The summed E-state index contributed by atoms with van der Waals surface area (Å²) >= 11 is 2.73. The lowest BCUT2D eigenvalue weighted by molar-refractivity contribution is 0.0620. The van der Waals surface area contributed by atoms with E-state index in [2.05, 4.69) is 20.4 Å². The van der Waals surface area contributed by atoms with E-state index in [0.717, 1.165) is 15.8 Å². The largest absolute Gasteiger partial charge is 0.348 e. The van der Waals surface area contributed by atoms with Crippen LogP contribution in [-0.2, 0) is 0 Å². The Morgan fingerprint density at radius 1 is 1.19 bits per heavy atom. The Labute approximate surface area is 160 Å². The number of fused-ring (bicyclic) bond motifs is 3. The summed E-state index contributed by atoms with van der Waals surface area (Å²) in [6, 6.07) is 7.76. The van der Waals surface area contributed by atoms with Crippen LogP contribution in [-0.4, -0.2) is 52.5 Å². The number of nitrogens with one attached hydrogen (secondary N) is 1. The lowest BCUT2D eigenvalue weighted by Crippen LogP contribution is -2.57. The zero-order valence-corrected chi connectivity index (χ0v) is 16.1. The molecule has 3 aliphatic rings. The SMILES string of the molecule is CC(=O)c1nnc(Sc2ccc(C(=O)NC3CN4CCC3CC4)cc2)s1. The first kappa shape index (κ1) is 17.6. The Morgan fingerprint density at radius 2 is 1.92 bits per heavy atom. The van der Waals surface area contributed by atoms with E-state index in [9.17, 15) is 9.59 Å². The minimum Gasteiger partial charge on any atom is -0.348 e. The maximum atomic E-state index is 12.5. The molecule has 0 aliphatic carbocycles. The highest BCUT2D eigenvalue weighted by molar-refractivity contribution is 8.01. The number of carbonyl (C=O) groups excluding carboxylic acids is 2. The minimum atomic E-state index is -0.0749. The van der Waals surface area contributed by atoms with E-state index in [1.807, 2.05) is 24.3 Å². The second-order valence-electron chi connectivity index (χ2n) is 6.77. The highest BCUT2D eigenvalue weighted by Crippen LogP contribution is 2.31. The van der Waals surface area contributed by atoms with E-state index < -0.39 is 0 Å². The van der Waals surface area contributed by atoms with Crippen molar-refractivity contribution in [1.29, 1.82) is 0 Å². The normalized spacial score (nSPS) is 24.4. The fourth-order valence-electron chi connectivity index (χ4n) is 3.55. The van der Waals surface area contributed by atoms with Crippen LogP contribution < -0.4 is 5.32 Å². The van der Waals surface area contributed by atoms with Crippen LogP contribution in [0.3, 0.4) is 0 Å². The van der Waals surface area contributed by atoms with E-state index in [4.69, 9.17) is 0 Å². The molecule has 1 unspecified atom stereocenters.